The second kappa shape index (κ2) is 6.14. The van der Waals surface area contributed by atoms with E-state index in [-0.39, 0.29) is 6.04 Å². The third-order valence-corrected chi connectivity index (χ3v) is 4.38. The number of aryl methyl sites for hydroxylation is 2. The monoisotopic (exact) mass is 281 g/mol. The van der Waals surface area contributed by atoms with Gasteiger partial charge in [0, 0.05) is 10.9 Å². The van der Waals surface area contributed by atoms with Crippen LogP contribution in [0.15, 0.2) is 0 Å². The van der Waals surface area contributed by atoms with E-state index in [1.165, 1.54) is 17.8 Å². The Morgan fingerprint density at radius 3 is 2.42 bits per heavy atom. The molecule has 1 aromatic heterocycles. The molecule has 0 spiro atoms. The van der Waals surface area contributed by atoms with Gasteiger partial charge in [0.25, 0.3) is 0 Å². The minimum atomic E-state index is -0.626. The second-order valence-corrected chi connectivity index (χ2v) is 6.13. The summed E-state index contributed by atoms with van der Waals surface area (Å²) in [6.45, 7) is 3.81. The molecule has 0 atom stereocenters. The first-order valence-corrected chi connectivity index (χ1v) is 7.44. The van der Waals surface area contributed by atoms with Crippen molar-refractivity contribution < 1.29 is 9.59 Å². The molecule has 1 saturated carbocycles. The van der Waals surface area contributed by atoms with E-state index in [2.05, 4.69) is 15.6 Å². The van der Waals surface area contributed by atoms with E-state index in [0.717, 1.165) is 36.3 Å². The number of anilines is 1. The molecule has 0 unspecified atom stereocenters. The molecule has 1 aliphatic carbocycles. The largest absolute Gasteiger partial charge is 0.345 e. The van der Waals surface area contributed by atoms with Gasteiger partial charge in [-0.1, -0.05) is 19.3 Å². The topological polar surface area (TPSA) is 71.1 Å². The summed E-state index contributed by atoms with van der Waals surface area (Å²) >= 11 is 1.38. The van der Waals surface area contributed by atoms with E-state index < -0.39 is 11.8 Å². The Hall–Kier alpha value is -1.43. The minimum Gasteiger partial charge on any atom is -0.345 e. The first-order chi connectivity index (χ1) is 9.06. The van der Waals surface area contributed by atoms with Gasteiger partial charge < -0.3 is 5.32 Å². The van der Waals surface area contributed by atoms with Gasteiger partial charge >= 0.3 is 11.8 Å². The molecule has 0 aliphatic heterocycles. The summed E-state index contributed by atoms with van der Waals surface area (Å²) in [4.78, 5) is 28.7. The van der Waals surface area contributed by atoms with E-state index in [9.17, 15) is 9.59 Å². The highest BCUT2D eigenvalue weighted by Gasteiger charge is 2.21. The van der Waals surface area contributed by atoms with Crippen LogP contribution in [0.25, 0.3) is 0 Å². The fourth-order valence-electron chi connectivity index (χ4n) is 2.18. The van der Waals surface area contributed by atoms with E-state index in [1.807, 2.05) is 13.8 Å². The number of thiazole rings is 1. The maximum absolute atomic E-state index is 11.8. The summed E-state index contributed by atoms with van der Waals surface area (Å²) in [7, 11) is 0. The lowest BCUT2D eigenvalue weighted by atomic mass is 9.95. The molecule has 5 nitrogen and oxygen atoms in total. The number of nitrogens with zero attached hydrogens (tertiary/aromatic N) is 1. The molecule has 1 fully saturated rings. The number of nitrogens with one attached hydrogen (secondary N) is 2. The summed E-state index contributed by atoms with van der Waals surface area (Å²) in [6.07, 6.45) is 5.40. The minimum absolute atomic E-state index is 0.145. The van der Waals surface area contributed by atoms with Crippen molar-refractivity contribution in [3.63, 3.8) is 0 Å². The van der Waals surface area contributed by atoms with Crippen molar-refractivity contribution >= 4 is 28.3 Å². The normalized spacial score (nSPS) is 16.1. The van der Waals surface area contributed by atoms with Crippen LogP contribution in [0.4, 0.5) is 5.13 Å². The molecule has 6 heteroatoms. The molecule has 0 bridgehead atoms. The lowest BCUT2D eigenvalue weighted by molar-refractivity contribution is -0.136. The fourth-order valence-corrected chi connectivity index (χ4v) is 2.99. The molecule has 0 radical (unpaired) electrons. The van der Waals surface area contributed by atoms with Gasteiger partial charge in [0.15, 0.2) is 5.13 Å². The highest BCUT2D eigenvalue weighted by molar-refractivity contribution is 7.15. The van der Waals surface area contributed by atoms with Crippen molar-refractivity contribution in [2.24, 2.45) is 0 Å². The lowest BCUT2D eigenvalue weighted by Crippen LogP contribution is -2.42. The molecule has 1 heterocycles. The van der Waals surface area contributed by atoms with Gasteiger partial charge in [0.1, 0.15) is 0 Å². The first-order valence-electron chi connectivity index (χ1n) is 6.62. The van der Waals surface area contributed by atoms with Crippen LogP contribution >= 0.6 is 11.3 Å². The van der Waals surface area contributed by atoms with Crippen molar-refractivity contribution in [2.75, 3.05) is 5.32 Å². The lowest BCUT2D eigenvalue weighted by Gasteiger charge is -2.22. The SMILES string of the molecule is Cc1nc(NC(=O)C(=O)NC2CCCCC2)sc1C. The van der Waals surface area contributed by atoms with Crippen LogP contribution in [0.3, 0.4) is 0 Å². The van der Waals surface area contributed by atoms with Crippen molar-refractivity contribution in [3.8, 4) is 0 Å². The highest BCUT2D eigenvalue weighted by atomic mass is 32.1. The Kier molecular flexibility index (Phi) is 4.52. The van der Waals surface area contributed by atoms with Crippen LogP contribution in [0.2, 0.25) is 0 Å². The van der Waals surface area contributed by atoms with Gasteiger partial charge in [-0.3, -0.25) is 14.9 Å². The molecule has 2 N–H and O–H groups in total. The number of hydrogen-bond donors (Lipinski definition) is 2. The third kappa shape index (κ3) is 3.76. The molecular weight excluding hydrogens is 262 g/mol. The number of amides is 2. The zero-order chi connectivity index (χ0) is 13.8. The number of rotatable bonds is 2. The van der Waals surface area contributed by atoms with Gasteiger partial charge in [-0.05, 0) is 26.7 Å². The van der Waals surface area contributed by atoms with Crippen molar-refractivity contribution in [3.05, 3.63) is 10.6 Å². The Labute approximate surface area is 116 Å². The van der Waals surface area contributed by atoms with Crippen LogP contribution in [-0.4, -0.2) is 22.8 Å². The number of hydrogen-bond acceptors (Lipinski definition) is 4. The van der Waals surface area contributed by atoms with Crippen molar-refractivity contribution in [2.45, 2.75) is 52.0 Å². The summed E-state index contributed by atoms with van der Waals surface area (Å²) in [5.74, 6) is -1.18. The Bertz CT molecular complexity index is 459. The molecule has 19 heavy (non-hydrogen) atoms. The van der Waals surface area contributed by atoms with Crippen LogP contribution in [0.1, 0.15) is 42.7 Å². The summed E-state index contributed by atoms with van der Waals surface area (Å²) in [6, 6.07) is 0.145. The standard InChI is InChI=1S/C13H19N3O2S/c1-8-9(2)19-13(14-8)16-12(18)11(17)15-10-6-4-3-5-7-10/h10H,3-7H2,1-2H3,(H,15,17)(H,14,16,18). The summed E-state index contributed by atoms with van der Waals surface area (Å²) in [5.41, 5.74) is 0.882. The van der Waals surface area contributed by atoms with Gasteiger partial charge in [0.05, 0.1) is 5.69 Å². The van der Waals surface area contributed by atoms with E-state index in [4.69, 9.17) is 0 Å². The Balaban J connectivity index is 1.86. The second-order valence-electron chi connectivity index (χ2n) is 4.92. The zero-order valence-electron chi connectivity index (χ0n) is 11.3. The van der Waals surface area contributed by atoms with E-state index >= 15 is 0 Å². The summed E-state index contributed by atoms with van der Waals surface area (Å²) < 4.78 is 0. The molecular formula is C13H19N3O2S. The Morgan fingerprint density at radius 1 is 1.16 bits per heavy atom. The number of aromatic nitrogens is 1. The predicted octanol–water partition coefficient (Wildman–Crippen LogP) is 2.15. The van der Waals surface area contributed by atoms with Crippen LogP contribution < -0.4 is 10.6 Å². The van der Waals surface area contributed by atoms with Crippen molar-refractivity contribution in [1.82, 2.24) is 10.3 Å². The van der Waals surface area contributed by atoms with E-state index in [0.29, 0.717) is 5.13 Å². The van der Waals surface area contributed by atoms with E-state index in [1.54, 1.807) is 0 Å². The predicted molar refractivity (Wildman–Crippen MR) is 75.2 cm³/mol. The molecule has 104 valence electrons. The van der Waals surface area contributed by atoms with Gasteiger partial charge in [-0.2, -0.15) is 0 Å². The fraction of sp³-hybridized carbons (Fsp3) is 0.615. The molecule has 1 aromatic rings. The molecule has 0 aromatic carbocycles. The van der Waals surface area contributed by atoms with Crippen molar-refractivity contribution in [1.29, 1.82) is 0 Å². The highest BCUT2D eigenvalue weighted by Crippen LogP contribution is 2.21. The smallest absolute Gasteiger partial charge is 0.315 e. The van der Waals surface area contributed by atoms with Gasteiger partial charge in [0.2, 0.25) is 0 Å². The number of carbonyl (C=O) groups is 2. The molecule has 2 amide bonds. The van der Waals surface area contributed by atoms with Gasteiger partial charge in [-0.15, -0.1) is 11.3 Å². The van der Waals surface area contributed by atoms with Crippen LogP contribution in [0, 0.1) is 13.8 Å². The molecule has 1 aliphatic rings. The van der Waals surface area contributed by atoms with Gasteiger partial charge in [-0.25, -0.2) is 4.98 Å². The quantitative estimate of drug-likeness (QED) is 0.816. The zero-order valence-corrected chi connectivity index (χ0v) is 12.1. The maximum Gasteiger partial charge on any atom is 0.315 e. The van der Waals surface area contributed by atoms with Crippen LogP contribution in [-0.2, 0) is 9.59 Å². The first kappa shape index (κ1) is 14.0. The average Bonchev–Trinajstić information content (AvgIpc) is 2.69. The third-order valence-electron chi connectivity index (χ3n) is 3.40. The average molecular weight is 281 g/mol. The Morgan fingerprint density at radius 2 is 1.84 bits per heavy atom. The summed E-state index contributed by atoms with van der Waals surface area (Å²) in [5, 5.41) is 5.82. The number of carbonyl (C=O) groups excluding carboxylic acids is 2. The van der Waals surface area contributed by atoms with Crippen LogP contribution in [0.5, 0.6) is 0 Å². The maximum atomic E-state index is 11.8. The molecule has 0 saturated heterocycles. The molecule has 2 rings (SSSR count).